The normalized spacial score (nSPS) is 12.1. The lowest BCUT2D eigenvalue weighted by atomic mass is 9.95. The number of carboxylic acid groups (broad SMARTS) is 1. The lowest BCUT2D eigenvalue weighted by molar-refractivity contribution is -0.138. The SMILES string of the molecule is CCc1ncnc(C(Cc2ccc(Br)cc2)C(=O)O)c1F. The number of aromatic nitrogens is 2. The van der Waals surface area contributed by atoms with Crippen LogP contribution in [0.3, 0.4) is 0 Å². The fourth-order valence-electron chi connectivity index (χ4n) is 2.07. The van der Waals surface area contributed by atoms with Gasteiger partial charge in [0, 0.05) is 4.47 Å². The minimum Gasteiger partial charge on any atom is -0.481 e. The van der Waals surface area contributed by atoms with Gasteiger partial charge in [-0.25, -0.2) is 14.4 Å². The topological polar surface area (TPSA) is 63.1 Å². The molecule has 1 N–H and O–H groups in total. The highest BCUT2D eigenvalue weighted by Crippen LogP contribution is 2.24. The van der Waals surface area contributed by atoms with Gasteiger partial charge < -0.3 is 5.11 Å². The number of hydrogen-bond donors (Lipinski definition) is 1. The lowest BCUT2D eigenvalue weighted by Gasteiger charge is -2.14. The summed E-state index contributed by atoms with van der Waals surface area (Å²) in [6, 6.07) is 7.25. The van der Waals surface area contributed by atoms with Gasteiger partial charge in [-0.3, -0.25) is 4.79 Å². The molecule has 1 aromatic heterocycles. The number of aliphatic carboxylic acids is 1. The van der Waals surface area contributed by atoms with Crippen LogP contribution in [0.25, 0.3) is 0 Å². The van der Waals surface area contributed by atoms with Crippen molar-refractivity contribution in [1.82, 2.24) is 9.97 Å². The largest absolute Gasteiger partial charge is 0.481 e. The smallest absolute Gasteiger partial charge is 0.313 e. The van der Waals surface area contributed by atoms with E-state index in [0.717, 1.165) is 10.0 Å². The van der Waals surface area contributed by atoms with Gasteiger partial charge in [-0.15, -0.1) is 0 Å². The van der Waals surface area contributed by atoms with Gasteiger partial charge in [0.1, 0.15) is 12.2 Å². The molecule has 21 heavy (non-hydrogen) atoms. The molecular weight excluding hydrogens is 339 g/mol. The summed E-state index contributed by atoms with van der Waals surface area (Å²) < 4.78 is 15.2. The first-order chi connectivity index (χ1) is 10.0. The van der Waals surface area contributed by atoms with Crippen molar-refractivity contribution in [3.8, 4) is 0 Å². The van der Waals surface area contributed by atoms with Gasteiger partial charge in [0.15, 0.2) is 5.82 Å². The van der Waals surface area contributed by atoms with Crippen LogP contribution in [-0.2, 0) is 17.6 Å². The summed E-state index contributed by atoms with van der Waals surface area (Å²) >= 11 is 3.32. The van der Waals surface area contributed by atoms with Crippen LogP contribution in [0, 0.1) is 5.82 Å². The van der Waals surface area contributed by atoms with Gasteiger partial charge in [0.05, 0.1) is 11.4 Å². The van der Waals surface area contributed by atoms with Crippen molar-refractivity contribution < 1.29 is 14.3 Å². The zero-order chi connectivity index (χ0) is 15.4. The van der Waals surface area contributed by atoms with Crippen LogP contribution in [0.1, 0.15) is 29.8 Å². The molecule has 0 saturated carbocycles. The maximum Gasteiger partial charge on any atom is 0.313 e. The van der Waals surface area contributed by atoms with Crippen LogP contribution in [0.15, 0.2) is 35.1 Å². The predicted molar refractivity (Wildman–Crippen MR) is 79.6 cm³/mol. The third-order valence-corrected chi connectivity index (χ3v) is 3.73. The van der Waals surface area contributed by atoms with Gasteiger partial charge in [0.25, 0.3) is 0 Å². The van der Waals surface area contributed by atoms with Crippen LogP contribution < -0.4 is 0 Å². The molecule has 0 radical (unpaired) electrons. The van der Waals surface area contributed by atoms with E-state index in [9.17, 15) is 14.3 Å². The highest BCUT2D eigenvalue weighted by molar-refractivity contribution is 9.10. The average molecular weight is 353 g/mol. The van der Waals surface area contributed by atoms with Gasteiger partial charge in [-0.1, -0.05) is 35.0 Å². The maximum atomic E-state index is 14.3. The van der Waals surface area contributed by atoms with Gasteiger partial charge in [0.2, 0.25) is 0 Å². The van der Waals surface area contributed by atoms with Crippen molar-refractivity contribution in [1.29, 1.82) is 0 Å². The minimum absolute atomic E-state index is 0.0581. The molecule has 0 amide bonds. The fourth-order valence-corrected chi connectivity index (χ4v) is 2.33. The molecule has 2 rings (SSSR count). The van der Waals surface area contributed by atoms with Crippen LogP contribution in [0.4, 0.5) is 4.39 Å². The van der Waals surface area contributed by atoms with Crippen molar-refractivity contribution in [2.75, 3.05) is 0 Å². The Labute approximate surface area is 130 Å². The van der Waals surface area contributed by atoms with E-state index in [0.29, 0.717) is 6.42 Å². The Morgan fingerprint density at radius 1 is 1.33 bits per heavy atom. The van der Waals surface area contributed by atoms with Crippen LogP contribution >= 0.6 is 15.9 Å². The molecule has 0 spiro atoms. The molecule has 2 aromatic rings. The molecule has 0 saturated heterocycles. The molecule has 0 bridgehead atoms. The lowest BCUT2D eigenvalue weighted by Crippen LogP contribution is -2.19. The molecular formula is C15H14BrFN2O2. The van der Waals surface area contributed by atoms with E-state index < -0.39 is 17.7 Å². The monoisotopic (exact) mass is 352 g/mol. The van der Waals surface area contributed by atoms with Gasteiger partial charge >= 0.3 is 5.97 Å². The quantitative estimate of drug-likeness (QED) is 0.896. The molecule has 110 valence electrons. The van der Waals surface area contributed by atoms with Gasteiger partial charge in [-0.05, 0) is 30.5 Å². The molecule has 0 aliphatic rings. The zero-order valence-electron chi connectivity index (χ0n) is 11.4. The zero-order valence-corrected chi connectivity index (χ0v) is 13.0. The van der Waals surface area contributed by atoms with E-state index in [2.05, 4.69) is 25.9 Å². The Hall–Kier alpha value is -1.82. The van der Waals surface area contributed by atoms with E-state index in [1.54, 1.807) is 19.1 Å². The highest BCUT2D eigenvalue weighted by atomic mass is 79.9. The van der Waals surface area contributed by atoms with Crippen LogP contribution in [-0.4, -0.2) is 21.0 Å². The Morgan fingerprint density at radius 3 is 2.57 bits per heavy atom. The Bertz CT molecular complexity index is 647. The summed E-state index contributed by atoms with van der Waals surface area (Å²) in [4.78, 5) is 19.2. The molecule has 1 unspecified atom stereocenters. The fraction of sp³-hybridized carbons (Fsp3) is 0.267. The van der Waals surface area contributed by atoms with E-state index in [4.69, 9.17) is 0 Å². The van der Waals surface area contributed by atoms with Crippen molar-refractivity contribution in [3.05, 3.63) is 57.8 Å². The molecule has 6 heteroatoms. The summed E-state index contributed by atoms with van der Waals surface area (Å²) in [6.07, 6.45) is 1.79. The van der Waals surface area contributed by atoms with E-state index in [-0.39, 0.29) is 17.8 Å². The first-order valence-electron chi connectivity index (χ1n) is 6.49. The number of carboxylic acids is 1. The Morgan fingerprint density at radius 2 is 2.00 bits per heavy atom. The number of aryl methyl sites for hydroxylation is 1. The van der Waals surface area contributed by atoms with Crippen molar-refractivity contribution in [3.63, 3.8) is 0 Å². The van der Waals surface area contributed by atoms with E-state index >= 15 is 0 Å². The molecule has 0 aliphatic carbocycles. The second-order valence-electron chi connectivity index (χ2n) is 4.59. The first-order valence-corrected chi connectivity index (χ1v) is 7.28. The van der Waals surface area contributed by atoms with Crippen molar-refractivity contribution in [2.45, 2.75) is 25.7 Å². The first kappa shape index (κ1) is 15.6. The Balaban J connectivity index is 2.35. The number of halogens is 2. The molecule has 1 atom stereocenters. The number of carbonyl (C=O) groups is 1. The Kier molecular flexibility index (Phi) is 5.01. The van der Waals surface area contributed by atoms with E-state index in [1.165, 1.54) is 6.33 Å². The predicted octanol–water partition coefficient (Wildman–Crippen LogP) is 3.35. The van der Waals surface area contributed by atoms with E-state index in [1.807, 2.05) is 12.1 Å². The van der Waals surface area contributed by atoms with Crippen molar-refractivity contribution in [2.24, 2.45) is 0 Å². The number of nitrogens with zero attached hydrogens (tertiary/aromatic N) is 2. The van der Waals surface area contributed by atoms with Crippen LogP contribution in [0.5, 0.6) is 0 Å². The average Bonchev–Trinajstić information content (AvgIpc) is 2.47. The maximum absolute atomic E-state index is 14.3. The van der Waals surface area contributed by atoms with Gasteiger partial charge in [-0.2, -0.15) is 0 Å². The summed E-state index contributed by atoms with van der Waals surface area (Å²) in [6.45, 7) is 1.76. The highest BCUT2D eigenvalue weighted by Gasteiger charge is 2.26. The standard InChI is InChI=1S/C15H14BrFN2O2/c1-2-12-13(17)14(19-8-18-12)11(15(20)21)7-9-3-5-10(16)6-4-9/h3-6,8,11H,2,7H2,1H3,(H,20,21). The minimum atomic E-state index is -1.10. The molecule has 4 nitrogen and oxygen atoms in total. The number of benzene rings is 1. The summed E-state index contributed by atoms with van der Waals surface area (Å²) in [5, 5.41) is 9.39. The molecule has 0 fully saturated rings. The summed E-state index contributed by atoms with van der Waals surface area (Å²) in [5.41, 5.74) is 0.987. The van der Waals surface area contributed by atoms with Crippen LogP contribution in [0.2, 0.25) is 0 Å². The van der Waals surface area contributed by atoms with Crippen molar-refractivity contribution >= 4 is 21.9 Å². The molecule has 0 aliphatic heterocycles. The summed E-state index contributed by atoms with van der Waals surface area (Å²) in [7, 11) is 0. The third kappa shape index (κ3) is 3.64. The summed E-state index contributed by atoms with van der Waals surface area (Å²) in [5.74, 6) is -2.75. The second-order valence-corrected chi connectivity index (χ2v) is 5.51. The second kappa shape index (κ2) is 6.76. The molecule has 1 heterocycles. The molecule has 1 aromatic carbocycles. The third-order valence-electron chi connectivity index (χ3n) is 3.20. The number of hydrogen-bond acceptors (Lipinski definition) is 3. The number of rotatable bonds is 5.